The molecule has 0 saturated heterocycles. The highest BCUT2D eigenvalue weighted by Gasteiger charge is 2.31. The van der Waals surface area contributed by atoms with E-state index in [-0.39, 0.29) is 21.9 Å². The van der Waals surface area contributed by atoms with Crippen molar-refractivity contribution >= 4 is 64.6 Å². The summed E-state index contributed by atoms with van der Waals surface area (Å²) < 4.78 is 1.44. The molecule has 0 aliphatic carbocycles. The number of hydrogen-bond acceptors (Lipinski definition) is 2. The zero-order chi connectivity index (χ0) is 36.9. The van der Waals surface area contributed by atoms with Crippen LogP contribution in [0.25, 0.3) is 92.6 Å². The minimum atomic E-state index is -0.255. The molecule has 0 aliphatic rings. The smallest absolute Gasteiger partial charge is 0.266 e. The van der Waals surface area contributed by atoms with Gasteiger partial charge < -0.3 is 0 Å². The minimum absolute atomic E-state index is 0.113. The van der Waals surface area contributed by atoms with E-state index >= 15 is 9.59 Å². The van der Waals surface area contributed by atoms with Gasteiger partial charge in [0.1, 0.15) is 0 Å². The Morgan fingerprint density at radius 2 is 0.887 bits per heavy atom. The molecule has 0 atom stereocenters. The van der Waals surface area contributed by atoms with E-state index < -0.39 is 0 Å². The Morgan fingerprint density at radius 3 is 1.36 bits per heavy atom. The molecule has 0 aliphatic heterocycles. The molecule has 53 heavy (non-hydrogen) atoms. The number of hydrogen-bond donors (Lipinski definition) is 0. The Labute approximate surface area is 308 Å². The Balaban J connectivity index is 1.51. The largest absolute Gasteiger partial charge is 0.268 e. The number of aryl methyl sites for hydroxylation is 2. The molecular formula is C50H41NO2. The number of nitrogens with zero attached hydrogens (tertiary/aromatic N) is 1. The standard InChI is InChI=1S/C50H41NO2/c1-26-17-18-27(2)39(23-26)51-47(52)45-35-24-33(29-13-9-11-15-37(29)49(3,4)5)31-21-19-28-20-22-32-34(30-14-10-12-16-38(30)50(6,7)8)25-36(46(45)48(51)53)44-42(32)40(28)41(31)43(35)44/h9-25H,1-8H3. The van der Waals surface area contributed by atoms with Crippen LogP contribution in [0.3, 0.4) is 0 Å². The lowest BCUT2D eigenvalue weighted by atomic mass is 9.80. The molecule has 0 unspecified atom stereocenters. The van der Waals surface area contributed by atoms with E-state index in [1.165, 1.54) is 48.0 Å². The zero-order valence-corrected chi connectivity index (χ0v) is 31.6. The van der Waals surface area contributed by atoms with Crippen LogP contribution in [0.15, 0.2) is 113 Å². The van der Waals surface area contributed by atoms with E-state index in [0.29, 0.717) is 16.5 Å². The first-order chi connectivity index (χ1) is 25.3. The van der Waals surface area contributed by atoms with E-state index in [4.69, 9.17) is 0 Å². The van der Waals surface area contributed by atoms with Crippen LogP contribution in [0.2, 0.25) is 0 Å². The van der Waals surface area contributed by atoms with Crippen molar-refractivity contribution in [3.8, 4) is 27.9 Å². The summed E-state index contributed by atoms with van der Waals surface area (Å²) in [4.78, 5) is 30.3. The molecule has 0 fully saturated rings. The number of benzene rings is 8. The molecule has 3 nitrogen and oxygen atoms in total. The van der Waals surface area contributed by atoms with Crippen LogP contribution in [0.1, 0.15) is 63.8 Å². The molecule has 0 saturated carbocycles. The van der Waals surface area contributed by atoms with Gasteiger partial charge in [-0.15, -0.1) is 0 Å². The molecule has 0 amide bonds. The van der Waals surface area contributed by atoms with Gasteiger partial charge in [0.2, 0.25) is 0 Å². The molecular weight excluding hydrogens is 647 g/mol. The van der Waals surface area contributed by atoms with E-state index in [9.17, 15) is 0 Å². The topological polar surface area (TPSA) is 39.1 Å². The van der Waals surface area contributed by atoms with Crippen LogP contribution < -0.4 is 11.1 Å². The SMILES string of the molecule is Cc1ccc(C)c(-n2c(=O)c3c4cc(-c5ccccc5C(C)(C)C)c5ccc6ccc7c(-c8ccccc8C(C)(C)C)cc(c3c2=O)c2c7c6c5c42)c1. The van der Waals surface area contributed by atoms with Gasteiger partial charge >= 0.3 is 0 Å². The lowest BCUT2D eigenvalue weighted by Crippen LogP contribution is -2.24. The Bertz CT molecular complexity index is 3050. The highest BCUT2D eigenvalue weighted by atomic mass is 16.2. The zero-order valence-electron chi connectivity index (χ0n) is 31.6. The molecule has 0 spiro atoms. The van der Waals surface area contributed by atoms with Crippen molar-refractivity contribution in [3.63, 3.8) is 0 Å². The highest BCUT2D eigenvalue weighted by Crippen LogP contribution is 2.54. The van der Waals surface area contributed by atoms with Crippen molar-refractivity contribution in [1.82, 2.24) is 4.57 Å². The van der Waals surface area contributed by atoms with E-state index in [0.717, 1.165) is 54.9 Å². The molecule has 10 rings (SSSR count). The quantitative estimate of drug-likeness (QED) is 0.173. The first-order valence-corrected chi connectivity index (χ1v) is 18.7. The van der Waals surface area contributed by atoms with Crippen molar-refractivity contribution in [1.29, 1.82) is 0 Å². The third kappa shape index (κ3) is 4.17. The van der Waals surface area contributed by atoms with Gasteiger partial charge in [0.15, 0.2) is 0 Å². The van der Waals surface area contributed by atoms with Crippen LogP contribution in [0.5, 0.6) is 0 Å². The second-order valence-electron chi connectivity index (χ2n) is 17.3. The summed E-state index contributed by atoms with van der Waals surface area (Å²) in [5, 5.41) is 12.0. The fourth-order valence-electron chi connectivity index (χ4n) is 9.56. The first kappa shape index (κ1) is 31.9. The monoisotopic (exact) mass is 687 g/mol. The summed E-state index contributed by atoms with van der Waals surface area (Å²) in [5.74, 6) is 0. The van der Waals surface area contributed by atoms with Gasteiger partial charge in [0.05, 0.1) is 16.5 Å². The van der Waals surface area contributed by atoms with Gasteiger partial charge in [-0.1, -0.05) is 126 Å². The molecule has 9 aromatic carbocycles. The minimum Gasteiger partial charge on any atom is -0.268 e. The highest BCUT2D eigenvalue weighted by molar-refractivity contribution is 6.50. The van der Waals surface area contributed by atoms with Crippen molar-refractivity contribution in [2.24, 2.45) is 0 Å². The van der Waals surface area contributed by atoms with Crippen LogP contribution in [-0.2, 0) is 10.8 Å². The molecule has 0 bridgehead atoms. The number of aromatic nitrogens is 1. The van der Waals surface area contributed by atoms with Crippen LogP contribution in [0, 0.1) is 13.8 Å². The lowest BCUT2D eigenvalue weighted by molar-refractivity contribution is 0.592. The molecule has 3 heteroatoms. The van der Waals surface area contributed by atoms with Crippen molar-refractivity contribution < 1.29 is 0 Å². The van der Waals surface area contributed by atoms with Crippen molar-refractivity contribution in [2.45, 2.75) is 66.2 Å². The van der Waals surface area contributed by atoms with Crippen LogP contribution >= 0.6 is 0 Å². The summed E-state index contributed by atoms with van der Waals surface area (Å²) in [6.07, 6.45) is 0. The lowest BCUT2D eigenvalue weighted by Gasteiger charge is -2.24. The molecule has 0 radical (unpaired) electrons. The second-order valence-corrected chi connectivity index (χ2v) is 17.3. The van der Waals surface area contributed by atoms with Gasteiger partial charge in [-0.05, 0) is 141 Å². The first-order valence-electron chi connectivity index (χ1n) is 18.7. The summed E-state index contributed by atoms with van der Waals surface area (Å²) >= 11 is 0. The summed E-state index contributed by atoms with van der Waals surface area (Å²) in [7, 11) is 0. The van der Waals surface area contributed by atoms with Gasteiger partial charge in [0, 0.05) is 0 Å². The third-order valence-electron chi connectivity index (χ3n) is 11.9. The number of rotatable bonds is 3. The predicted octanol–water partition coefficient (Wildman–Crippen LogP) is 12.4. The molecule has 0 N–H and O–H groups in total. The normalized spacial score (nSPS) is 13.1. The second kappa shape index (κ2) is 10.4. The van der Waals surface area contributed by atoms with E-state index in [2.05, 4.69) is 126 Å². The Kier molecular flexibility index (Phi) is 6.27. The third-order valence-corrected chi connectivity index (χ3v) is 11.9. The predicted molar refractivity (Wildman–Crippen MR) is 226 cm³/mol. The maximum Gasteiger partial charge on any atom is 0.266 e. The van der Waals surface area contributed by atoms with E-state index in [1.54, 1.807) is 0 Å². The van der Waals surface area contributed by atoms with Crippen molar-refractivity contribution in [2.75, 3.05) is 0 Å². The van der Waals surface area contributed by atoms with E-state index in [1.807, 2.05) is 32.0 Å². The van der Waals surface area contributed by atoms with Gasteiger partial charge in [-0.2, -0.15) is 0 Å². The average Bonchev–Trinajstić information content (AvgIpc) is 3.62. The van der Waals surface area contributed by atoms with Gasteiger partial charge in [-0.25, -0.2) is 4.57 Å². The van der Waals surface area contributed by atoms with Gasteiger partial charge in [0.25, 0.3) is 11.1 Å². The van der Waals surface area contributed by atoms with Crippen LogP contribution in [0.4, 0.5) is 0 Å². The fraction of sp³-hybridized carbons (Fsp3) is 0.200. The molecule has 10 aromatic rings. The Hall–Kier alpha value is -5.80. The average molecular weight is 688 g/mol. The maximum absolute atomic E-state index is 15.1. The maximum atomic E-state index is 15.1. The van der Waals surface area contributed by atoms with Crippen molar-refractivity contribution in [3.05, 3.63) is 146 Å². The molecule has 1 aromatic heterocycles. The van der Waals surface area contributed by atoms with Gasteiger partial charge in [-0.3, -0.25) is 9.59 Å². The summed E-state index contributed by atoms with van der Waals surface area (Å²) in [5.41, 5.74) is 8.79. The van der Waals surface area contributed by atoms with Crippen LogP contribution in [-0.4, -0.2) is 4.57 Å². The molecule has 1 heterocycles. The Morgan fingerprint density at radius 1 is 0.434 bits per heavy atom. The number of fused-ring (bicyclic) bond motifs is 3. The molecule has 258 valence electrons. The summed E-state index contributed by atoms with van der Waals surface area (Å²) in [6.45, 7) is 17.5. The fourth-order valence-corrected chi connectivity index (χ4v) is 9.56. The summed E-state index contributed by atoms with van der Waals surface area (Å²) in [6, 6.07) is 36.8.